The molecule has 100 valence electrons. The highest BCUT2D eigenvalue weighted by Crippen LogP contribution is 2.53. The molecule has 2 rings (SSSR count). The standard InChI is InChI=1S/C17H26O/c1-6-15(18)17(5)11-14-13(10-12(17)2)8-7-9-16(14,3)4/h6,12H,1,7-11H2,2-5H3. The van der Waals surface area contributed by atoms with Crippen molar-refractivity contribution in [1.29, 1.82) is 0 Å². The summed E-state index contributed by atoms with van der Waals surface area (Å²) in [5.41, 5.74) is 3.28. The number of carbonyl (C=O) groups is 1. The first-order chi connectivity index (χ1) is 8.31. The highest BCUT2D eigenvalue weighted by molar-refractivity contribution is 5.94. The number of ketones is 1. The van der Waals surface area contributed by atoms with E-state index in [-0.39, 0.29) is 16.6 Å². The Hall–Kier alpha value is -0.850. The fourth-order valence-electron chi connectivity index (χ4n) is 3.81. The average molecular weight is 246 g/mol. The van der Waals surface area contributed by atoms with Crippen LogP contribution in [0.4, 0.5) is 0 Å². The highest BCUT2D eigenvalue weighted by atomic mass is 16.1. The molecule has 0 amide bonds. The summed E-state index contributed by atoms with van der Waals surface area (Å²) in [6.07, 6.45) is 7.40. The van der Waals surface area contributed by atoms with E-state index in [1.807, 2.05) is 0 Å². The van der Waals surface area contributed by atoms with Gasteiger partial charge in [-0.25, -0.2) is 0 Å². The third-order valence-corrected chi connectivity index (χ3v) is 5.46. The third-order valence-electron chi connectivity index (χ3n) is 5.46. The van der Waals surface area contributed by atoms with Crippen LogP contribution in [0.2, 0.25) is 0 Å². The summed E-state index contributed by atoms with van der Waals surface area (Å²) in [5.74, 6) is 0.665. The molecule has 18 heavy (non-hydrogen) atoms. The summed E-state index contributed by atoms with van der Waals surface area (Å²) < 4.78 is 0. The Balaban J connectivity index is 2.41. The lowest BCUT2D eigenvalue weighted by atomic mass is 9.57. The maximum Gasteiger partial charge on any atom is 0.161 e. The maximum absolute atomic E-state index is 12.2. The average Bonchev–Trinajstić information content (AvgIpc) is 2.30. The molecule has 0 spiro atoms. The lowest BCUT2D eigenvalue weighted by molar-refractivity contribution is -0.126. The molecule has 0 radical (unpaired) electrons. The molecule has 0 aliphatic heterocycles. The van der Waals surface area contributed by atoms with Crippen molar-refractivity contribution in [3.63, 3.8) is 0 Å². The second-order valence-corrected chi connectivity index (χ2v) is 7.09. The lowest BCUT2D eigenvalue weighted by Crippen LogP contribution is -2.40. The molecule has 2 aliphatic rings. The van der Waals surface area contributed by atoms with Crippen LogP contribution < -0.4 is 0 Å². The number of hydrogen-bond acceptors (Lipinski definition) is 1. The first-order valence-corrected chi connectivity index (χ1v) is 7.19. The Labute approximate surface area is 111 Å². The normalized spacial score (nSPS) is 35.0. The fraction of sp³-hybridized carbons (Fsp3) is 0.706. The van der Waals surface area contributed by atoms with Gasteiger partial charge >= 0.3 is 0 Å². The highest BCUT2D eigenvalue weighted by Gasteiger charge is 2.45. The minimum absolute atomic E-state index is 0.225. The predicted molar refractivity (Wildman–Crippen MR) is 76.4 cm³/mol. The van der Waals surface area contributed by atoms with Crippen LogP contribution in [-0.4, -0.2) is 5.78 Å². The van der Waals surface area contributed by atoms with Crippen LogP contribution in [-0.2, 0) is 4.79 Å². The van der Waals surface area contributed by atoms with Crippen molar-refractivity contribution in [2.45, 2.75) is 59.8 Å². The van der Waals surface area contributed by atoms with Gasteiger partial charge in [-0.2, -0.15) is 0 Å². The second kappa shape index (κ2) is 4.36. The van der Waals surface area contributed by atoms with E-state index in [2.05, 4.69) is 34.3 Å². The molecule has 1 heteroatoms. The van der Waals surface area contributed by atoms with Gasteiger partial charge in [0.25, 0.3) is 0 Å². The van der Waals surface area contributed by atoms with Crippen LogP contribution in [0.15, 0.2) is 23.8 Å². The van der Waals surface area contributed by atoms with E-state index in [1.165, 1.54) is 25.3 Å². The Morgan fingerprint density at radius 3 is 2.67 bits per heavy atom. The van der Waals surface area contributed by atoms with Crippen molar-refractivity contribution in [1.82, 2.24) is 0 Å². The van der Waals surface area contributed by atoms with E-state index in [4.69, 9.17) is 0 Å². The summed E-state index contributed by atoms with van der Waals surface area (Å²) in [6, 6.07) is 0. The summed E-state index contributed by atoms with van der Waals surface area (Å²) in [6.45, 7) is 12.7. The quantitative estimate of drug-likeness (QED) is 0.510. The van der Waals surface area contributed by atoms with Crippen molar-refractivity contribution in [2.24, 2.45) is 16.7 Å². The van der Waals surface area contributed by atoms with E-state index < -0.39 is 0 Å². The van der Waals surface area contributed by atoms with Crippen LogP contribution in [0.1, 0.15) is 59.8 Å². The first-order valence-electron chi connectivity index (χ1n) is 7.19. The predicted octanol–water partition coefficient (Wildman–Crippen LogP) is 4.68. The SMILES string of the molecule is C=CC(=O)C1(C)CC2=C(CCCC2(C)C)CC1C. The van der Waals surface area contributed by atoms with Crippen LogP contribution >= 0.6 is 0 Å². The first kappa shape index (κ1) is 13.6. The zero-order valence-electron chi connectivity index (χ0n) is 12.3. The molecular weight excluding hydrogens is 220 g/mol. The van der Waals surface area contributed by atoms with Crippen molar-refractivity contribution in [3.8, 4) is 0 Å². The maximum atomic E-state index is 12.2. The van der Waals surface area contributed by atoms with Gasteiger partial charge < -0.3 is 0 Å². The van der Waals surface area contributed by atoms with Crippen molar-refractivity contribution < 1.29 is 4.79 Å². The van der Waals surface area contributed by atoms with Crippen molar-refractivity contribution >= 4 is 5.78 Å². The van der Waals surface area contributed by atoms with E-state index in [0.717, 1.165) is 12.8 Å². The molecule has 0 aromatic rings. The summed E-state index contributed by atoms with van der Waals surface area (Å²) in [5, 5.41) is 0. The Bertz CT molecular complexity index is 413. The second-order valence-electron chi connectivity index (χ2n) is 7.09. The van der Waals surface area contributed by atoms with E-state index >= 15 is 0 Å². The summed E-state index contributed by atoms with van der Waals surface area (Å²) in [4.78, 5) is 12.2. The molecule has 0 saturated heterocycles. The van der Waals surface area contributed by atoms with Crippen LogP contribution in [0.25, 0.3) is 0 Å². The smallest absolute Gasteiger partial charge is 0.161 e. The van der Waals surface area contributed by atoms with Gasteiger partial charge in [0.15, 0.2) is 5.78 Å². The zero-order valence-corrected chi connectivity index (χ0v) is 12.3. The number of carbonyl (C=O) groups excluding carboxylic acids is 1. The number of rotatable bonds is 2. The summed E-state index contributed by atoms with van der Waals surface area (Å²) >= 11 is 0. The zero-order chi connectivity index (χ0) is 13.6. The Morgan fingerprint density at radius 1 is 1.39 bits per heavy atom. The molecule has 0 aromatic heterocycles. The van der Waals surface area contributed by atoms with Crippen LogP contribution in [0, 0.1) is 16.7 Å². The van der Waals surface area contributed by atoms with Gasteiger partial charge in [-0.3, -0.25) is 4.79 Å². The molecule has 0 heterocycles. The number of hydrogen-bond donors (Lipinski definition) is 0. The molecule has 0 N–H and O–H groups in total. The molecule has 2 aliphatic carbocycles. The van der Waals surface area contributed by atoms with Crippen LogP contribution in [0.3, 0.4) is 0 Å². The van der Waals surface area contributed by atoms with Gasteiger partial charge in [-0.05, 0) is 49.5 Å². The molecular formula is C17H26O. The van der Waals surface area contributed by atoms with Gasteiger partial charge in [0, 0.05) is 5.41 Å². The monoisotopic (exact) mass is 246 g/mol. The Kier molecular flexibility index (Phi) is 3.29. The van der Waals surface area contributed by atoms with Gasteiger partial charge in [0.1, 0.15) is 0 Å². The largest absolute Gasteiger partial charge is 0.294 e. The van der Waals surface area contributed by atoms with Gasteiger partial charge in [0.05, 0.1) is 0 Å². The fourth-order valence-corrected chi connectivity index (χ4v) is 3.81. The van der Waals surface area contributed by atoms with Gasteiger partial charge in [-0.1, -0.05) is 45.4 Å². The lowest BCUT2D eigenvalue weighted by Gasteiger charge is -2.47. The molecule has 0 fully saturated rings. The molecule has 0 aromatic carbocycles. The minimum atomic E-state index is -0.227. The van der Waals surface area contributed by atoms with Gasteiger partial charge in [0.2, 0.25) is 0 Å². The number of allylic oxidation sites excluding steroid dienone is 3. The molecule has 2 atom stereocenters. The topological polar surface area (TPSA) is 17.1 Å². The third kappa shape index (κ3) is 1.98. The molecule has 0 saturated carbocycles. The van der Waals surface area contributed by atoms with E-state index in [9.17, 15) is 4.79 Å². The molecule has 2 unspecified atom stereocenters. The van der Waals surface area contributed by atoms with Gasteiger partial charge in [-0.15, -0.1) is 0 Å². The summed E-state index contributed by atoms with van der Waals surface area (Å²) in [7, 11) is 0. The minimum Gasteiger partial charge on any atom is -0.294 e. The molecule has 1 nitrogen and oxygen atoms in total. The Morgan fingerprint density at radius 2 is 2.06 bits per heavy atom. The van der Waals surface area contributed by atoms with Crippen LogP contribution in [0.5, 0.6) is 0 Å². The van der Waals surface area contributed by atoms with E-state index in [1.54, 1.807) is 11.1 Å². The molecule has 0 bridgehead atoms. The van der Waals surface area contributed by atoms with Crippen molar-refractivity contribution in [2.75, 3.05) is 0 Å². The van der Waals surface area contributed by atoms with E-state index in [0.29, 0.717) is 5.92 Å². The van der Waals surface area contributed by atoms with Crippen molar-refractivity contribution in [3.05, 3.63) is 23.8 Å².